The minimum absolute atomic E-state index is 0.668. The van der Waals surface area contributed by atoms with Gasteiger partial charge in [-0.1, -0.05) is 11.8 Å². The van der Waals surface area contributed by atoms with Gasteiger partial charge in [0.25, 0.3) is 0 Å². The first-order chi connectivity index (χ1) is 11.2. The molecule has 3 heterocycles. The Bertz CT molecular complexity index is 663. The van der Waals surface area contributed by atoms with E-state index in [1.165, 1.54) is 0 Å². The number of aromatic nitrogens is 4. The van der Waals surface area contributed by atoms with Crippen molar-refractivity contribution in [1.29, 1.82) is 0 Å². The van der Waals surface area contributed by atoms with E-state index >= 15 is 0 Å². The molecule has 0 spiro atoms. The van der Waals surface area contributed by atoms with Gasteiger partial charge < -0.3 is 14.5 Å². The van der Waals surface area contributed by atoms with Crippen LogP contribution in [0.1, 0.15) is 0 Å². The topological polar surface area (TPSA) is 67.3 Å². The van der Waals surface area contributed by atoms with Gasteiger partial charge >= 0.3 is 0 Å². The number of nitrogens with zero attached hydrogens (tertiary/aromatic N) is 6. The van der Waals surface area contributed by atoms with Gasteiger partial charge in [0.1, 0.15) is 5.82 Å². The van der Waals surface area contributed by atoms with E-state index in [2.05, 4.69) is 45.7 Å². The fourth-order valence-electron chi connectivity index (χ4n) is 2.36. The highest BCUT2D eigenvalue weighted by Gasteiger charge is 2.22. The molecule has 9 heteroatoms. The zero-order valence-electron chi connectivity index (χ0n) is 12.9. The van der Waals surface area contributed by atoms with Crippen LogP contribution < -0.4 is 14.5 Å². The Labute approximate surface area is 147 Å². The summed E-state index contributed by atoms with van der Waals surface area (Å²) in [5.74, 6) is 2.35. The molecule has 1 saturated heterocycles. The molecular weight excluding hydrogens is 380 g/mol. The zero-order chi connectivity index (χ0) is 16.2. The highest BCUT2D eigenvalue weighted by atomic mass is 79.9. The maximum absolute atomic E-state index is 5.09. The molecule has 2 aromatic rings. The summed E-state index contributed by atoms with van der Waals surface area (Å²) < 4.78 is 6.01. The lowest BCUT2D eigenvalue weighted by Crippen LogP contribution is -2.47. The normalized spacial score (nSPS) is 14.9. The van der Waals surface area contributed by atoms with Crippen molar-refractivity contribution >= 4 is 39.5 Å². The molecule has 3 rings (SSSR count). The maximum Gasteiger partial charge on any atom is 0.225 e. The van der Waals surface area contributed by atoms with Crippen LogP contribution in [0.5, 0.6) is 5.75 Å². The lowest BCUT2D eigenvalue weighted by Gasteiger charge is -2.35. The number of halogens is 1. The summed E-state index contributed by atoms with van der Waals surface area (Å²) >= 11 is 5.09. The number of hydrogen-bond donors (Lipinski definition) is 0. The van der Waals surface area contributed by atoms with E-state index in [1.807, 2.05) is 12.5 Å². The summed E-state index contributed by atoms with van der Waals surface area (Å²) in [4.78, 5) is 22.0. The van der Waals surface area contributed by atoms with Gasteiger partial charge in [-0.25, -0.2) is 19.9 Å². The van der Waals surface area contributed by atoms with Crippen LogP contribution in [0, 0.1) is 0 Å². The Morgan fingerprint density at radius 1 is 1.04 bits per heavy atom. The molecule has 7 nitrogen and oxygen atoms in total. The van der Waals surface area contributed by atoms with Crippen LogP contribution in [-0.2, 0) is 0 Å². The first-order valence-electron chi connectivity index (χ1n) is 7.13. The molecule has 0 N–H and O–H groups in total. The van der Waals surface area contributed by atoms with Crippen LogP contribution in [0.25, 0.3) is 0 Å². The van der Waals surface area contributed by atoms with E-state index < -0.39 is 0 Å². The molecule has 0 bridgehead atoms. The third kappa shape index (κ3) is 3.66. The lowest BCUT2D eigenvalue weighted by atomic mass is 10.3. The van der Waals surface area contributed by atoms with Crippen molar-refractivity contribution in [2.75, 3.05) is 49.3 Å². The largest absolute Gasteiger partial charge is 0.494 e. The molecule has 23 heavy (non-hydrogen) atoms. The van der Waals surface area contributed by atoms with Crippen LogP contribution in [0.3, 0.4) is 0 Å². The number of anilines is 2. The summed E-state index contributed by atoms with van der Waals surface area (Å²) in [6.07, 6.45) is 7.18. The maximum atomic E-state index is 5.09. The van der Waals surface area contributed by atoms with Gasteiger partial charge in [-0.2, -0.15) is 0 Å². The van der Waals surface area contributed by atoms with E-state index in [9.17, 15) is 0 Å². The summed E-state index contributed by atoms with van der Waals surface area (Å²) in [7, 11) is 1.61. The van der Waals surface area contributed by atoms with Crippen LogP contribution in [0.2, 0.25) is 0 Å². The molecule has 0 amide bonds. The van der Waals surface area contributed by atoms with Gasteiger partial charge in [-0.05, 0) is 22.2 Å². The molecule has 1 aliphatic heterocycles. The molecule has 122 valence electrons. The van der Waals surface area contributed by atoms with Crippen LogP contribution >= 0.6 is 27.7 Å². The Kier molecular flexibility index (Phi) is 5.16. The van der Waals surface area contributed by atoms with E-state index in [0.717, 1.165) is 47.6 Å². The molecule has 0 radical (unpaired) electrons. The second kappa shape index (κ2) is 7.31. The molecular formula is C14H17BrN6OS. The van der Waals surface area contributed by atoms with E-state index in [0.29, 0.717) is 5.75 Å². The smallest absolute Gasteiger partial charge is 0.225 e. The van der Waals surface area contributed by atoms with Gasteiger partial charge in [-0.3, -0.25) is 0 Å². The Balaban J connectivity index is 1.68. The average Bonchev–Trinajstić information content (AvgIpc) is 2.62. The van der Waals surface area contributed by atoms with Crippen molar-refractivity contribution in [2.24, 2.45) is 0 Å². The number of piperazine rings is 1. The summed E-state index contributed by atoms with van der Waals surface area (Å²) in [6.45, 7) is 3.41. The van der Waals surface area contributed by atoms with Gasteiger partial charge in [0.2, 0.25) is 5.95 Å². The quantitative estimate of drug-likeness (QED) is 0.574. The number of rotatable bonds is 4. The fourth-order valence-corrected chi connectivity index (χ4v) is 3.14. The van der Waals surface area contributed by atoms with E-state index in [4.69, 9.17) is 4.74 Å². The highest BCUT2D eigenvalue weighted by Crippen LogP contribution is 2.26. The zero-order valence-corrected chi connectivity index (χ0v) is 15.3. The third-order valence-electron chi connectivity index (χ3n) is 3.60. The van der Waals surface area contributed by atoms with Crippen LogP contribution in [0.15, 0.2) is 28.2 Å². The lowest BCUT2D eigenvalue weighted by molar-refractivity contribution is 0.410. The molecule has 0 unspecified atom stereocenters. The summed E-state index contributed by atoms with van der Waals surface area (Å²) in [5, 5.41) is 0.782. The minimum Gasteiger partial charge on any atom is -0.494 e. The standard InChI is InChI=1S/C14H17BrN6OS/c1-22-10-7-16-13(17-8-10)21-5-3-20(4-6-21)12-11(15)9-18-14(19-12)23-2/h7-9H,3-6H2,1-2H3. The van der Waals surface area contributed by atoms with Crippen molar-refractivity contribution in [3.05, 3.63) is 23.1 Å². The Hall–Kier alpha value is -1.61. The molecule has 0 aliphatic carbocycles. The molecule has 1 fully saturated rings. The molecule has 0 aromatic carbocycles. The first-order valence-corrected chi connectivity index (χ1v) is 9.15. The van der Waals surface area contributed by atoms with Crippen molar-refractivity contribution in [3.8, 4) is 5.75 Å². The molecule has 0 atom stereocenters. The minimum atomic E-state index is 0.668. The fraction of sp³-hybridized carbons (Fsp3) is 0.429. The van der Waals surface area contributed by atoms with E-state index in [1.54, 1.807) is 31.3 Å². The monoisotopic (exact) mass is 396 g/mol. The second-order valence-electron chi connectivity index (χ2n) is 4.93. The third-order valence-corrected chi connectivity index (χ3v) is 4.72. The van der Waals surface area contributed by atoms with Crippen LogP contribution in [-0.4, -0.2) is 59.5 Å². The summed E-state index contributed by atoms with van der Waals surface area (Å²) in [6, 6.07) is 0. The number of thioether (sulfide) groups is 1. The molecule has 1 aliphatic rings. The number of methoxy groups -OCH3 is 1. The van der Waals surface area contributed by atoms with Crippen molar-refractivity contribution < 1.29 is 4.74 Å². The van der Waals surface area contributed by atoms with Gasteiger partial charge in [0.15, 0.2) is 10.9 Å². The number of hydrogen-bond acceptors (Lipinski definition) is 8. The second-order valence-corrected chi connectivity index (χ2v) is 6.55. The van der Waals surface area contributed by atoms with Crippen molar-refractivity contribution in [3.63, 3.8) is 0 Å². The highest BCUT2D eigenvalue weighted by molar-refractivity contribution is 9.10. The Morgan fingerprint density at radius 2 is 1.70 bits per heavy atom. The predicted octanol–water partition coefficient (Wildman–Crippen LogP) is 2.09. The average molecular weight is 397 g/mol. The van der Waals surface area contributed by atoms with E-state index in [-0.39, 0.29) is 0 Å². The van der Waals surface area contributed by atoms with Gasteiger partial charge in [-0.15, -0.1) is 0 Å². The summed E-state index contributed by atoms with van der Waals surface area (Å²) in [5.41, 5.74) is 0. The SMILES string of the molecule is COc1cnc(N2CCN(c3nc(SC)ncc3Br)CC2)nc1. The molecule has 0 saturated carbocycles. The predicted molar refractivity (Wildman–Crippen MR) is 94.5 cm³/mol. The number of ether oxygens (including phenoxy) is 1. The Morgan fingerprint density at radius 3 is 2.30 bits per heavy atom. The van der Waals surface area contributed by atoms with Gasteiger partial charge in [0, 0.05) is 32.4 Å². The van der Waals surface area contributed by atoms with Crippen molar-refractivity contribution in [1.82, 2.24) is 19.9 Å². The van der Waals surface area contributed by atoms with Gasteiger partial charge in [0.05, 0.1) is 24.0 Å². The van der Waals surface area contributed by atoms with Crippen molar-refractivity contribution in [2.45, 2.75) is 5.16 Å². The first kappa shape index (κ1) is 16.3. The molecule has 2 aromatic heterocycles. The van der Waals surface area contributed by atoms with Crippen LogP contribution in [0.4, 0.5) is 11.8 Å².